The second-order valence-electron chi connectivity index (χ2n) is 3.56. The summed E-state index contributed by atoms with van der Waals surface area (Å²) in [6, 6.07) is 0.962. The van der Waals surface area contributed by atoms with Crippen LogP contribution in [-0.4, -0.2) is 42.4 Å². The Morgan fingerprint density at radius 1 is 1.58 bits per heavy atom. The zero-order chi connectivity index (χ0) is 14.6. The first-order valence-corrected chi connectivity index (χ1v) is 8.02. The number of sulfonamides is 1. The molecule has 10 heteroatoms. The molecular formula is C9H13ClN2O5S2. The Bertz CT molecular complexity index is 557. The lowest BCUT2D eigenvalue weighted by molar-refractivity contribution is -0.384. The van der Waals surface area contributed by atoms with Crippen LogP contribution in [0.15, 0.2) is 10.3 Å². The summed E-state index contributed by atoms with van der Waals surface area (Å²) in [5, 5.41) is 19.4. The molecular weight excluding hydrogens is 316 g/mol. The maximum absolute atomic E-state index is 12.2. The van der Waals surface area contributed by atoms with Crippen LogP contribution in [0.5, 0.6) is 0 Å². The fourth-order valence-corrected chi connectivity index (χ4v) is 4.72. The van der Waals surface area contributed by atoms with Crippen molar-refractivity contribution in [1.29, 1.82) is 0 Å². The first kappa shape index (κ1) is 16.3. The molecule has 1 aromatic rings. The molecule has 0 aliphatic carbocycles. The monoisotopic (exact) mass is 328 g/mol. The molecule has 1 rings (SSSR count). The summed E-state index contributed by atoms with van der Waals surface area (Å²) < 4.78 is 25.3. The SMILES string of the molecule is CCN(CCCO)S(=O)(=O)c1cc([N+](=O)[O-])c(Cl)s1. The zero-order valence-corrected chi connectivity index (χ0v) is 12.5. The Kier molecular flexibility index (Phi) is 5.68. The minimum Gasteiger partial charge on any atom is -0.396 e. The average Bonchev–Trinajstić information content (AvgIpc) is 2.73. The van der Waals surface area contributed by atoms with E-state index in [1.165, 1.54) is 0 Å². The molecule has 0 aromatic carbocycles. The zero-order valence-electron chi connectivity index (χ0n) is 10.1. The van der Waals surface area contributed by atoms with Gasteiger partial charge in [-0.05, 0) is 6.42 Å². The molecule has 1 heterocycles. The van der Waals surface area contributed by atoms with Crippen molar-refractivity contribution in [1.82, 2.24) is 4.31 Å². The maximum Gasteiger partial charge on any atom is 0.300 e. The predicted octanol–water partition coefficient (Wildman–Crippen LogP) is 1.70. The molecule has 0 bridgehead atoms. The summed E-state index contributed by atoms with van der Waals surface area (Å²) in [5.74, 6) is 0. The molecule has 0 saturated carbocycles. The third-order valence-electron chi connectivity index (χ3n) is 2.36. The van der Waals surface area contributed by atoms with E-state index in [0.717, 1.165) is 10.4 Å². The number of aliphatic hydroxyl groups excluding tert-OH is 1. The highest BCUT2D eigenvalue weighted by molar-refractivity contribution is 7.91. The van der Waals surface area contributed by atoms with Gasteiger partial charge in [-0.1, -0.05) is 18.5 Å². The topological polar surface area (TPSA) is 101 Å². The van der Waals surface area contributed by atoms with Crippen molar-refractivity contribution in [3.8, 4) is 0 Å². The summed E-state index contributed by atoms with van der Waals surface area (Å²) in [5.41, 5.74) is -0.413. The molecule has 108 valence electrons. The Balaban J connectivity index is 3.11. The molecule has 0 saturated heterocycles. The first-order valence-electron chi connectivity index (χ1n) is 5.39. The van der Waals surface area contributed by atoms with E-state index < -0.39 is 20.6 Å². The molecule has 0 radical (unpaired) electrons. The molecule has 19 heavy (non-hydrogen) atoms. The number of aliphatic hydroxyl groups is 1. The molecule has 0 spiro atoms. The van der Waals surface area contributed by atoms with E-state index in [9.17, 15) is 18.5 Å². The van der Waals surface area contributed by atoms with Gasteiger partial charge in [0, 0.05) is 25.8 Å². The Morgan fingerprint density at radius 2 is 2.21 bits per heavy atom. The van der Waals surface area contributed by atoms with E-state index in [1.807, 2.05) is 0 Å². The highest BCUT2D eigenvalue weighted by Gasteiger charge is 2.29. The predicted molar refractivity (Wildman–Crippen MR) is 72.1 cm³/mol. The van der Waals surface area contributed by atoms with E-state index in [0.29, 0.717) is 17.8 Å². The van der Waals surface area contributed by atoms with Gasteiger partial charge in [-0.25, -0.2) is 8.42 Å². The molecule has 7 nitrogen and oxygen atoms in total. The van der Waals surface area contributed by atoms with Crippen LogP contribution < -0.4 is 0 Å². The summed E-state index contributed by atoms with van der Waals surface area (Å²) in [4.78, 5) is 9.94. The second kappa shape index (κ2) is 6.62. The molecule has 0 aliphatic rings. The quantitative estimate of drug-likeness (QED) is 0.606. The van der Waals surface area contributed by atoms with E-state index >= 15 is 0 Å². The fraction of sp³-hybridized carbons (Fsp3) is 0.556. The van der Waals surface area contributed by atoms with Crippen LogP contribution in [0.1, 0.15) is 13.3 Å². The van der Waals surface area contributed by atoms with E-state index in [1.54, 1.807) is 6.92 Å². The van der Waals surface area contributed by atoms with Gasteiger partial charge in [0.05, 0.1) is 4.92 Å². The third-order valence-corrected chi connectivity index (χ3v) is 6.12. The van der Waals surface area contributed by atoms with E-state index in [-0.39, 0.29) is 28.2 Å². The Hall–Kier alpha value is -0.740. The molecule has 0 aliphatic heterocycles. The van der Waals surface area contributed by atoms with Crippen molar-refractivity contribution in [2.45, 2.75) is 17.6 Å². The van der Waals surface area contributed by atoms with Crippen LogP contribution >= 0.6 is 22.9 Å². The smallest absolute Gasteiger partial charge is 0.300 e. The van der Waals surface area contributed by atoms with Crippen molar-refractivity contribution >= 4 is 38.6 Å². The van der Waals surface area contributed by atoms with Crippen LogP contribution in [0, 0.1) is 10.1 Å². The Labute approximate surface area is 119 Å². The lowest BCUT2D eigenvalue weighted by Crippen LogP contribution is -2.31. The van der Waals surface area contributed by atoms with Crippen LogP contribution in [0.2, 0.25) is 4.34 Å². The van der Waals surface area contributed by atoms with Gasteiger partial charge >= 0.3 is 0 Å². The third kappa shape index (κ3) is 3.63. The highest BCUT2D eigenvalue weighted by atomic mass is 35.5. The maximum atomic E-state index is 12.2. The standard InChI is InChI=1S/C9H13ClN2O5S2/c1-2-11(4-3-5-13)19(16,17)8-6-7(12(14)15)9(10)18-8/h6,13H,2-5H2,1H3. The number of hydrogen-bond acceptors (Lipinski definition) is 6. The van der Waals surface area contributed by atoms with Gasteiger partial charge in [0.2, 0.25) is 0 Å². The van der Waals surface area contributed by atoms with Crippen molar-refractivity contribution in [2.24, 2.45) is 0 Å². The lowest BCUT2D eigenvalue weighted by atomic mass is 10.4. The number of hydrogen-bond donors (Lipinski definition) is 1. The normalized spacial score (nSPS) is 12.0. The number of thiophene rings is 1. The first-order chi connectivity index (χ1) is 8.84. The average molecular weight is 329 g/mol. The molecule has 0 unspecified atom stereocenters. The minimum atomic E-state index is -3.81. The van der Waals surface area contributed by atoms with Crippen LogP contribution in [0.25, 0.3) is 0 Å². The van der Waals surface area contributed by atoms with Gasteiger partial charge in [0.25, 0.3) is 15.7 Å². The minimum absolute atomic E-state index is 0.128. The van der Waals surface area contributed by atoms with Gasteiger partial charge < -0.3 is 5.11 Å². The lowest BCUT2D eigenvalue weighted by Gasteiger charge is -2.18. The van der Waals surface area contributed by atoms with Crippen LogP contribution in [0.4, 0.5) is 5.69 Å². The highest BCUT2D eigenvalue weighted by Crippen LogP contribution is 2.37. The second-order valence-corrected chi connectivity index (χ2v) is 7.37. The van der Waals surface area contributed by atoms with Crippen molar-refractivity contribution in [3.05, 3.63) is 20.5 Å². The van der Waals surface area contributed by atoms with Crippen molar-refractivity contribution in [2.75, 3.05) is 19.7 Å². The largest absolute Gasteiger partial charge is 0.396 e. The van der Waals surface area contributed by atoms with Crippen molar-refractivity contribution in [3.63, 3.8) is 0 Å². The number of halogens is 1. The number of nitro groups is 1. The molecule has 1 aromatic heterocycles. The van der Waals surface area contributed by atoms with E-state index in [2.05, 4.69) is 0 Å². The summed E-state index contributed by atoms with van der Waals surface area (Å²) in [7, 11) is -3.81. The van der Waals surface area contributed by atoms with Crippen LogP contribution in [0.3, 0.4) is 0 Å². The Morgan fingerprint density at radius 3 is 2.63 bits per heavy atom. The molecule has 1 N–H and O–H groups in total. The number of rotatable bonds is 7. The summed E-state index contributed by atoms with van der Waals surface area (Å²) >= 11 is 6.31. The van der Waals surface area contributed by atoms with E-state index in [4.69, 9.17) is 16.7 Å². The van der Waals surface area contributed by atoms with Gasteiger partial charge in [0.1, 0.15) is 4.21 Å². The van der Waals surface area contributed by atoms with Gasteiger partial charge in [-0.2, -0.15) is 4.31 Å². The van der Waals surface area contributed by atoms with Crippen molar-refractivity contribution < 1.29 is 18.4 Å². The molecule has 0 atom stereocenters. The van der Waals surface area contributed by atoms with Gasteiger partial charge in [-0.15, -0.1) is 11.3 Å². The summed E-state index contributed by atoms with van der Waals surface area (Å²) in [6.45, 7) is 1.89. The fourth-order valence-electron chi connectivity index (χ4n) is 1.41. The van der Waals surface area contributed by atoms with Gasteiger partial charge in [0.15, 0.2) is 4.34 Å². The molecule has 0 amide bonds. The van der Waals surface area contributed by atoms with Crippen LogP contribution in [-0.2, 0) is 10.0 Å². The summed E-state index contributed by atoms with van der Waals surface area (Å²) in [6.07, 6.45) is 0.300. The molecule has 0 fully saturated rings. The number of nitrogens with zero attached hydrogens (tertiary/aromatic N) is 2. The van der Waals surface area contributed by atoms with Gasteiger partial charge in [-0.3, -0.25) is 10.1 Å².